The summed E-state index contributed by atoms with van der Waals surface area (Å²) in [6.45, 7) is 3.78. The number of ether oxygens (including phenoxy) is 1. The second kappa shape index (κ2) is 5.10. The van der Waals surface area contributed by atoms with Crippen LogP contribution >= 0.6 is 11.6 Å². The van der Waals surface area contributed by atoms with E-state index in [1.54, 1.807) is 6.07 Å². The Morgan fingerprint density at radius 3 is 2.76 bits per heavy atom. The fourth-order valence-electron chi connectivity index (χ4n) is 3.46. The number of halogens is 1. The summed E-state index contributed by atoms with van der Waals surface area (Å²) in [7, 11) is 0. The maximum absolute atomic E-state index is 11.7. The van der Waals surface area contributed by atoms with Crippen molar-refractivity contribution in [1.82, 2.24) is 9.97 Å². The Hall–Kier alpha value is -1.40. The third kappa shape index (κ3) is 2.36. The molecule has 2 atom stereocenters. The standard InChI is InChI=1S/C14H17ClN4O2/c15-12-7-13(18-1-3-21-4-2-18)17-14(16-12)19-8-9-5-10(19)6-11(9)20/h7,9-10H,1-6,8H2/t9-,10-/m1/s1. The van der Waals surface area contributed by atoms with E-state index >= 15 is 0 Å². The summed E-state index contributed by atoms with van der Waals surface area (Å²) in [6.07, 6.45) is 1.55. The van der Waals surface area contributed by atoms with Crippen LogP contribution in [0.2, 0.25) is 5.15 Å². The van der Waals surface area contributed by atoms with Gasteiger partial charge in [-0.25, -0.2) is 4.98 Å². The van der Waals surface area contributed by atoms with Gasteiger partial charge in [-0.2, -0.15) is 4.98 Å². The first-order valence-electron chi connectivity index (χ1n) is 7.37. The second-order valence-corrected chi connectivity index (χ2v) is 6.24. The normalized spacial score (nSPS) is 28.5. The molecule has 112 valence electrons. The third-order valence-electron chi connectivity index (χ3n) is 4.57. The highest BCUT2D eigenvalue weighted by Gasteiger charge is 2.44. The number of carbonyl (C=O) groups excluding carboxylic acids is 1. The van der Waals surface area contributed by atoms with Crippen molar-refractivity contribution in [2.75, 3.05) is 42.6 Å². The average molecular weight is 309 g/mol. The molecule has 0 amide bonds. The topological polar surface area (TPSA) is 58.6 Å². The molecule has 6 nitrogen and oxygen atoms in total. The lowest BCUT2D eigenvalue weighted by Crippen LogP contribution is -2.39. The molecule has 0 N–H and O–H groups in total. The fraction of sp³-hybridized carbons (Fsp3) is 0.643. The fourth-order valence-corrected chi connectivity index (χ4v) is 3.64. The van der Waals surface area contributed by atoms with E-state index in [2.05, 4.69) is 19.8 Å². The van der Waals surface area contributed by atoms with Gasteiger partial charge in [0.05, 0.1) is 13.2 Å². The molecule has 1 aromatic rings. The summed E-state index contributed by atoms with van der Waals surface area (Å²) < 4.78 is 5.37. The lowest BCUT2D eigenvalue weighted by Gasteiger charge is -2.30. The summed E-state index contributed by atoms with van der Waals surface area (Å²) >= 11 is 6.18. The number of carbonyl (C=O) groups is 1. The summed E-state index contributed by atoms with van der Waals surface area (Å²) in [5.41, 5.74) is 0. The van der Waals surface area contributed by atoms with Crippen LogP contribution in [-0.4, -0.2) is 54.6 Å². The molecule has 4 rings (SSSR count). The van der Waals surface area contributed by atoms with Crippen molar-refractivity contribution in [3.8, 4) is 0 Å². The number of aromatic nitrogens is 2. The van der Waals surface area contributed by atoms with Gasteiger partial charge in [0.25, 0.3) is 0 Å². The number of nitrogens with zero attached hydrogens (tertiary/aromatic N) is 4. The van der Waals surface area contributed by atoms with Crippen LogP contribution in [0.3, 0.4) is 0 Å². The lowest BCUT2D eigenvalue weighted by molar-refractivity contribution is -0.120. The maximum atomic E-state index is 11.7. The van der Waals surface area contributed by atoms with Crippen LogP contribution < -0.4 is 9.80 Å². The zero-order valence-electron chi connectivity index (χ0n) is 11.7. The summed E-state index contributed by atoms with van der Waals surface area (Å²) in [4.78, 5) is 25.0. The first kappa shape index (κ1) is 13.3. The van der Waals surface area contributed by atoms with E-state index in [-0.39, 0.29) is 12.0 Å². The highest BCUT2D eigenvalue weighted by atomic mass is 35.5. The highest BCUT2D eigenvalue weighted by molar-refractivity contribution is 6.29. The van der Waals surface area contributed by atoms with Gasteiger partial charge in [0.1, 0.15) is 16.8 Å². The van der Waals surface area contributed by atoms with Gasteiger partial charge in [0.2, 0.25) is 5.95 Å². The van der Waals surface area contributed by atoms with Crippen molar-refractivity contribution in [3.05, 3.63) is 11.2 Å². The van der Waals surface area contributed by atoms with Crippen LogP contribution in [0.5, 0.6) is 0 Å². The average Bonchev–Trinajstić information content (AvgIpc) is 3.06. The zero-order chi connectivity index (χ0) is 14.4. The van der Waals surface area contributed by atoms with Gasteiger partial charge in [0, 0.05) is 44.1 Å². The van der Waals surface area contributed by atoms with Gasteiger partial charge < -0.3 is 14.5 Å². The van der Waals surface area contributed by atoms with Gasteiger partial charge in [0.15, 0.2) is 0 Å². The number of piperidine rings is 1. The van der Waals surface area contributed by atoms with E-state index in [0.29, 0.717) is 36.5 Å². The molecule has 7 heteroatoms. The van der Waals surface area contributed by atoms with E-state index in [0.717, 1.165) is 31.9 Å². The van der Waals surface area contributed by atoms with Gasteiger partial charge in [-0.1, -0.05) is 11.6 Å². The van der Waals surface area contributed by atoms with E-state index in [1.807, 2.05) is 0 Å². The smallest absolute Gasteiger partial charge is 0.229 e. The van der Waals surface area contributed by atoms with Crippen LogP contribution in [-0.2, 0) is 9.53 Å². The minimum Gasteiger partial charge on any atom is -0.378 e. The SMILES string of the molecule is O=C1C[C@H]2C[C@@H]1CN2c1nc(Cl)cc(N2CCOCC2)n1. The number of Topliss-reactive ketones (excluding diaryl/α,β-unsaturated/α-hetero) is 1. The number of anilines is 2. The van der Waals surface area contributed by atoms with Crippen LogP contribution in [0.4, 0.5) is 11.8 Å². The summed E-state index contributed by atoms with van der Waals surface area (Å²) in [5, 5.41) is 0.454. The van der Waals surface area contributed by atoms with Crippen molar-refractivity contribution < 1.29 is 9.53 Å². The number of fused-ring (bicyclic) bond motifs is 2. The number of hydrogen-bond donors (Lipinski definition) is 0. The van der Waals surface area contributed by atoms with Gasteiger partial charge in [-0.05, 0) is 6.42 Å². The van der Waals surface area contributed by atoms with Gasteiger partial charge in [-0.3, -0.25) is 4.79 Å². The Labute approximate surface area is 128 Å². The molecule has 0 radical (unpaired) electrons. The van der Waals surface area contributed by atoms with Crippen molar-refractivity contribution in [2.45, 2.75) is 18.9 Å². The number of hydrogen-bond acceptors (Lipinski definition) is 6. The Kier molecular flexibility index (Phi) is 3.23. The Morgan fingerprint density at radius 2 is 2.10 bits per heavy atom. The molecule has 0 aromatic carbocycles. The van der Waals surface area contributed by atoms with Crippen LogP contribution in [0.15, 0.2) is 6.07 Å². The Balaban J connectivity index is 1.61. The number of ketones is 1. The molecule has 1 saturated carbocycles. The highest BCUT2D eigenvalue weighted by Crippen LogP contribution is 2.37. The van der Waals surface area contributed by atoms with E-state index < -0.39 is 0 Å². The first-order chi connectivity index (χ1) is 10.2. The molecule has 3 aliphatic rings. The lowest BCUT2D eigenvalue weighted by atomic mass is 10.1. The van der Waals surface area contributed by atoms with Crippen LogP contribution in [0, 0.1) is 5.92 Å². The number of rotatable bonds is 2. The molecule has 1 aromatic heterocycles. The Bertz CT molecular complexity index is 576. The molecule has 3 heterocycles. The van der Waals surface area contributed by atoms with E-state index in [1.165, 1.54) is 0 Å². The monoisotopic (exact) mass is 308 g/mol. The molecular formula is C14H17ClN4O2. The van der Waals surface area contributed by atoms with Gasteiger partial charge in [-0.15, -0.1) is 0 Å². The van der Waals surface area contributed by atoms with E-state index in [4.69, 9.17) is 16.3 Å². The zero-order valence-corrected chi connectivity index (χ0v) is 12.4. The third-order valence-corrected chi connectivity index (χ3v) is 4.76. The molecule has 1 aliphatic carbocycles. The second-order valence-electron chi connectivity index (χ2n) is 5.86. The summed E-state index contributed by atoms with van der Waals surface area (Å²) in [5.74, 6) is 2.04. The van der Waals surface area contributed by atoms with Crippen molar-refractivity contribution in [3.63, 3.8) is 0 Å². The quantitative estimate of drug-likeness (QED) is 0.764. The summed E-state index contributed by atoms with van der Waals surface area (Å²) in [6, 6.07) is 2.05. The molecule has 2 bridgehead atoms. The molecule has 3 fully saturated rings. The van der Waals surface area contributed by atoms with Crippen LogP contribution in [0.1, 0.15) is 12.8 Å². The first-order valence-corrected chi connectivity index (χ1v) is 7.75. The van der Waals surface area contributed by atoms with Gasteiger partial charge >= 0.3 is 0 Å². The van der Waals surface area contributed by atoms with Crippen molar-refractivity contribution in [1.29, 1.82) is 0 Å². The molecular weight excluding hydrogens is 292 g/mol. The van der Waals surface area contributed by atoms with Crippen LogP contribution in [0.25, 0.3) is 0 Å². The van der Waals surface area contributed by atoms with Crippen molar-refractivity contribution in [2.24, 2.45) is 5.92 Å². The maximum Gasteiger partial charge on any atom is 0.229 e. The molecule has 2 saturated heterocycles. The molecule has 0 spiro atoms. The molecule has 2 aliphatic heterocycles. The minimum absolute atomic E-state index is 0.157. The molecule has 0 unspecified atom stereocenters. The Morgan fingerprint density at radius 1 is 1.29 bits per heavy atom. The minimum atomic E-state index is 0.157. The largest absolute Gasteiger partial charge is 0.378 e. The number of morpholine rings is 1. The predicted octanol–water partition coefficient (Wildman–Crippen LogP) is 1.13. The van der Waals surface area contributed by atoms with Crippen molar-refractivity contribution >= 4 is 29.2 Å². The molecule has 21 heavy (non-hydrogen) atoms. The predicted molar refractivity (Wildman–Crippen MR) is 78.9 cm³/mol. The van der Waals surface area contributed by atoms with E-state index in [9.17, 15) is 4.79 Å².